The van der Waals surface area contributed by atoms with Gasteiger partial charge >= 0.3 is 0 Å². The molecule has 160 valence electrons. The van der Waals surface area contributed by atoms with Gasteiger partial charge in [0.2, 0.25) is 0 Å². The van der Waals surface area contributed by atoms with Crippen LogP contribution in [0.15, 0.2) is 61.2 Å². The minimum Gasteiger partial charge on any atom is -0.370 e. The Kier molecular flexibility index (Phi) is 5.15. The number of halogens is 1. The van der Waals surface area contributed by atoms with E-state index in [9.17, 15) is 4.39 Å². The van der Waals surface area contributed by atoms with Crippen LogP contribution < -0.4 is 10.6 Å². The highest BCUT2D eigenvalue weighted by Gasteiger charge is 2.14. The summed E-state index contributed by atoms with van der Waals surface area (Å²) >= 11 is 0. The molecule has 2 aromatic carbocycles. The average molecular weight is 426 g/mol. The summed E-state index contributed by atoms with van der Waals surface area (Å²) in [5, 5.41) is 9.80. The Morgan fingerprint density at radius 1 is 1.00 bits per heavy atom. The molecule has 0 aliphatic rings. The van der Waals surface area contributed by atoms with Crippen LogP contribution in [0, 0.1) is 19.7 Å². The number of aryl methyl sites for hydroxylation is 2. The topological polar surface area (TPSA) is 78.5 Å². The number of fused-ring (bicyclic) bond motifs is 2. The second-order valence-corrected chi connectivity index (χ2v) is 7.84. The molecule has 6 nitrogen and oxygen atoms in total. The van der Waals surface area contributed by atoms with E-state index in [0.29, 0.717) is 17.9 Å². The zero-order valence-corrected chi connectivity index (χ0v) is 17.9. The summed E-state index contributed by atoms with van der Waals surface area (Å²) in [6, 6.07) is 13.3. The van der Waals surface area contributed by atoms with Crippen molar-refractivity contribution in [1.29, 1.82) is 0 Å². The maximum atomic E-state index is 14.2. The summed E-state index contributed by atoms with van der Waals surface area (Å²) in [5.41, 5.74) is 4.65. The predicted octanol–water partition coefficient (Wildman–Crippen LogP) is 5.66. The van der Waals surface area contributed by atoms with Gasteiger partial charge in [0, 0.05) is 40.7 Å². The predicted molar refractivity (Wildman–Crippen MR) is 127 cm³/mol. The third kappa shape index (κ3) is 3.73. The number of anilines is 3. The number of rotatable bonds is 6. The van der Waals surface area contributed by atoms with Gasteiger partial charge in [-0.3, -0.25) is 4.98 Å². The van der Waals surface area contributed by atoms with Crippen molar-refractivity contribution in [3.63, 3.8) is 0 Å². The molecule has 0 amide bonds. The number of hydrogen-bond donors (Lipinski definition) is 3. The van der Waals surface area contributed by atoms with E-state index >= 15 is 0 Å². The molecule has 0 aliphatic carbocycles. The van der Waals surface area contributed by atoms with E-state index in [4.69, 9.17) is 0 Å². The number of hydrogen-bond acceptors (Lipinski definition) is 5. The molecule has 0 radical (unpaired) electrons. The summed E-state index contributed by atoms with van der Waals surface area (Å²) in [6.07, 6.45) is 5.91. The number of benzene rings is 2. The molecule has 0 spiro atoms. The Morgan fingerprint density at radius 2 is 1.84 bits per heavy atom. The lowest BCUT2D eigenvalue weighted by atomic mass is 10.0. The van der Waals surface area contributed by atoms with Crippen molar-refractivity contribution in [1.82, 2.24) is 19.9 Å². The van der Waals surface area contributed by atoms with Gasteiger partial charge in [0.1, 0.15) is 23.8 Å². The Bertz CT molecular complexity index is 1420. The van der Waals surface area contributed by atoms with Gasteiger partial charge in [0.15, 0.2) is 0 Å². The van der Waals surface area contributed by atoms with Crippen LogP contribution in [0.3, 0.4) is 0 Å². The van der Waals surface area contributed by atoms with Crippen LogP contribution in [-0.4, -0.2) is 26.5 Å². The maximum Gasteiger partial charge on any atom is 0.147 e. The Morgan fingerprint density at radius 3 is 2.75 bits per heavy atom. The number of H-pyrrole nitrogens is 1. The third-order valence-electron chi connectivity index (χ3n) is 5.71. The molecule has 0 unspecified atom stereocenters. The lowest BCUT2D eigenvalue weighted by molar-refractivity contribution is 0.637. The zero-order chi connectivity index (χ0) is 22.1. The number of pyridine rings is 1. The molecule has 32 heavy (non-hydrogen) atoms. The first kappa shape index (κ1) is 19.9. The van der Waals surface area contributed by atoms with Gasteiger partial charge in [0.25, 0.3) is 0 Å². The van der Waals surface area contributed by atoms with Gasteiger partial charge in [-0.2, -0.15) is 0 Å². The van der Waals surface area contributed by atoms with E-state index < -0.39 is 0 Å². The first-order valence-electron chi connectivity index (χ1n) is 10.5. The highest BCUT2D eigenvalue weighted by Crippen LogP contribution is 2.28. The fourth-order valence-electron chi connectivity index (χ4n) is 4.15. The Balaban J connectivity index is 1.32. The van der Waals surface area contributed by atoms with Crippen LogP contribution in [0.5, 0.6) is 0 Å². The van der Waals surface area contributed by atoms with Crippen LogP contribution >= 0.6 is 0 Å². The summed E-state index contributed by atoms with van der Waals surface area (Å²) in [7, 11) is 0. The van der Waals surface area contributed by atoms with Crippen molar-refractivity contribution in [2.75, 3.05) is 17.2 Å². The van der Waals surface area contributed by atoms with E-state index in [1.807, 2.05) is 56.4 Å². The molecular weight excluding hydrogens is 403 g/mol. The molecule has 3 heterocycles. The van der Waals surface area contributed by atoms with Crippen molar-refractivity contribution >= 4 is 39.0 Å². The molecule has 3 N–H and O–H groups in total. The largest absolute Gasteiger partial charge is 0.370 e. The van der Waals surface area contributed by atoms with Crippen LogP contribution in [0.25, 0.3) is 21.7 Å². The first-order chi connectivity index (χ1) is 15.6. The van der Waals surface area contributed by atoms with Gasteiger partial charge in [-0.1, -0.05) is 30.3 Å². The molecule has 5 rings (SSSR count). The fourth-order valence-corrected chi connectivity index (χ4v) is 4.15. The van der Waals surface area contributed by atoms with E-state index in [0.717, 1.165) is 50.9 Å². The molecule has 5 aromatic rings. The second-order valence-electron chi connectivity index (χ2n) is 7.84. The molecule has 7 heteroatoms. The molecule has 0 aliphatic heterocycles. The first-order valence-corrected chi connectivity index (χ1v) is 10.5. The lowest BCUT2D eigenvalue weighted by Gasteiger charge is -2.11. The van der Waals surface area contributed by atoms with Gasteiger partial charge < -0.3 is 15.6 Å². The fraction of sp³-hybridized carbons (Fsp3) is 0.160. The molecule has 0 fully saturated rings. The van der Waals surface area contributed by atoms with Crippen LogP contribution in [0.4, 0.5) is 21.7 Å². The Labute approximate surface area is 185 Å². The molecule has 0 atom stereocenters. The van der Waals surface area contributed by atoms with Crippen molar-refractivity contribution in [2.45, 2.75) is 20.3 Å². The standard InChI is InChI=1S/C25H23FN6/c1-15-7-8-20(26)25-24(15)18(16(2)31-25)9-10-28-22-11-23(30-14-29-22)32-21-13-27-12-17-5-3-4-6-19(17)21/h3-8,11-14,31H,9-10H2,1-2H3,(H2,28,29,30,32). The van der Waals surface area contributed by atoms with Gasteiger partial charge in [-0.05, 0) is 37.5 Å². The van der Waals surface area contributed by atoms with Gasteiger partial charge in [0.05, 0.1) is 17.4 Å². The third-order valence-corrected chi connectivity index (χ3v) is 5.71. The normalized spacial score (nSPS) is 11.2. The number of nitrogens with zero attached hydrogens (tertiary/aromatic N) is 3. The van der Waals surface area contributed by atoms with Crippen LogP contribution in [0.2, 0.25) is 0 Å². The number of aromatic amines is 1. The van der Waals surface area contributed by atoms with Gasteiger partial charge in [-0.25, -0.2) is 14.4 Å². The van der Waals surface area contributed by atoms with Crippen molar-refractivity contribution < 1.29 is 4.39 Å². The zero-order valence-electron chi connectivity index (χ0n) is 17.9. The smallest absolute Gasteiger partial charge is 0.147 e. The highest BCUT2D eigenvalue weighted by molar-refractivity contribution is 5.94. The minimum absolute atomic E-state index is 0.220. The van der Waals surface area contributed by atoms with Gasteiger partial charge in [-0.15, -0.1) is 0 Å². The number of nitrogens with one attached hydrogen (secondary N) is 3. The molecule has 0 saturated carbocycles. The van der Waals surface area contributed by atoms with E-state index in [2.05, 4.69) is 30.6 Å². The average Bonchev–Trinajstić information content (AvgIpc) is 3.14. The van der Waals surface area contributed by atoms with Crippen LogP contribution in [0.1, 0.15) is 16.8 Å². The Hall–Kier alpha value is -4.00. The monoisotopic (exact) mass is 426 g/mol. The number of aromatic nitrogens is 4. The molecule has 0 saturated heterocycles. The lowest BCUT2D eigenvalue weighted by Crippen LogP contribution is -2.08. The molecule has 3 aromatic heterocycles. The van der Waals surface area contributed by atoms with Crippen molar-refractivity contribution in [3.8, 4) is 0 Å². The summed E-state index contributed by atoms with van der Waals surface area (Å²) in [5.74, 6) is 1.18. The SMILES string of the molecule is Cc1[nH]c2c(F)ccc(C)c2c1CCNc1cc(Nc2cncc3ccccc23)ncn1. The quantitative estimate of drug-likeness (QED) is 0.326. The summed E-state index contributed by atoms with van der Waals surface area (Å²) < 4.78 is 14.2. The van der Waals surface area contributed by atoms with Crippen molar-refractivity contribution in [2.24, 2.45) is 0 Å². The minimum atomic E-state index is -0.220. The summed E-state index contributed by atoms with van der Waals surface area (Å²) in [6.45, 7) is 4.66. The molecule has 0 bridgehead atoms. The van der Waals surface area contributed by atoms with Crippen LogP contribution in [-0.2, 0) is 6.42 Å². The highest BCUT2D eigenvalue weighted by atomic mass is 19.1. The molecular formula is C25H23FN6. The van der Waals surface area contributed by atoms with E-state index in [-0.39, 0.29) is 5.82 Å². The van der Waals surface area contributed by atoms with Crippen molar-refractivity contribution in [3.05, 3.63) is 83.8 Å². The van der Waals surface area contributed by atoms with E-state index in [1.54, 1.807) is 6.20 Å². The summed E-state index contributed by atoms with van der Waals surface area (Å²) in [4.78, 5) is 16.2. The maximum absolute atomic E-state index is 14.2. The van der Waals surface area contributed by atoms with E-state index in [1.165, 1.54) is 12.4 Å². The second kappa shape index (κ2) is 8.26.